The lowest BCUT2D eigenvalue weighted by Crippen LogP contribution is -2.10. The second kappa shape index (κ2) is 10.1. The minimum absolute atomic E-state index is 0.122. The first-order valence-corrected chi connectivity index (χ1v) is 12.5. The molecule has 0 unspecified atom stereocenters. The average molecular weight is 487 g/mol. The zero-order valence-corrected chi connectivity index (χ0v) is 21.7. The van der Waals surface area contributed by atoms with Gasteiger partial charge in [0.1, 0.15) is 5.69 Å². The summed E-state index contributed by atoms with van der Waals surface area (Å²) in [7, 11) is 1.50. The zero-order chi connectivity index (χ0) is 26.0. The van der Waals surface area contributed by atoms with Crippen molar-refractivity contribution in [1.82, 2.24) is 15.0 Å². The van der Waals surface area contributed by atoms with Crippen LogP contribution in [0.1, 0.15) is 67.7 Å². The maximum atomic E-state index is 12.6. The lowest BCUT2D eigenvalue weighted by atomic mass is 9.87. The Bertz CT molecular complexity index is 1330. The van der Waals surface area contributed by atoms with Gasteiger partial charge in [0.2, 0.25) is 11.8 Å². The van der Waals surface area contributed by atoms with Gasteiger partial charge in [-0.25, -0.2) is 4.98 Å². The smallest absolute Gasteiger partial charge is 0.247 e. The molecule has 188 valence electrons. The number of aromatic amines is 1. The highest BCUT2D eigenvalue weighted by atomic mass is 16.5. The molecule has 1 saturated carbocycles. The van der Waals surface area contributed by atoms with Gasteiger partial charge in [-0.3, -0.25) is 14.6 Å². The molecule has 0 aromatic carbocycles. The van der Waals surface area contributed by atoms with Crippen molar-refractivity contribution < 1.29 is 14.3 Å². The van der Waals surface area contributed by atoms with E-state index in [1.165, 1.54) is 26.0 Å². The van der Waals surface area contributed by atoms with Crippen LogP contribution in [-0.2, 0) is 24.1 Å². The maximum Gasteiger partial charge on any atom is 0.247 e. The van der Waals surface area contributed by atoms with Gasteiger partial charge < -0.3 is 15.0 Å². The van der Waals surface area contributed by atoms with Gasteiger partial charge in [0.05, 0.1) is 12.8 Å². The zero-order valence-electron chi connectivity index (χ0n) is 21.7. The molecule has 36 heavy (non-hydrogen) atoms. The van der Waals surface area contributed by atoms with E-state index in [9.17, 15) is 9.59 Å². The molecule has 3 aromatic heterocycles. The summed E-state index contributed by atoms with van der Waals surface area (Å²) in [4.78, 5) is 37.1. The number of carbonyl (C=O) groups is 2. The fraction of sp³-hybridized carbons (Fsp3) is 0.379. The van der Waals surface area contributed by atoms with E-state index in [2.05, 4.69) is 33.8 Å². The van der Waals surface area contributed by atoms with Crippen LogP contribution in [0.25, 0.3) is 22.5 Å². The summed E-state index contributed by atoms with van der Waals surface area (Å²) in [6, 6.07) is 3.83. The Balaban J connectivity index is 0.00000148. The Morgan fingerprint density at radius 3 is 2.58 bits per heavy atom. The minimum atomic E-state index is -0.347. The minimum Gasteiger partial charge on any atom is -0.480 e. The molecule has 0 bridgehead atoms. The van der Waals surface area contributed by atoms with E-state index < -0.39 is 0 Å². The highest BCUT2D eigenvalue weighted by Crippen LogP contribution is 2.49. The summed E-state index contributed by atoms with van der Waals surface area (Å²) in [5.41, 5.74) is 8.50. The fourth-order valence-electron chi connectivity index (χ4n) is 4.81. The number of rotatable bonds is 7. The number of hydrogen-bond donors (Lipinski definition) is 2. The molecule has 2 aliphatic rings. The van der Waals surface area contributed by atoms with E-state index in [0.29, 0.717) is 17.0 Å². The van der Waals surface area contributed by atoms with Crippen molar-refractivity contribution in [1.29, 1.82) is 0 Å². The molecule has 1 amide bonds. The lowest BCUT2D eigenvalue weighted by molar-refractivity contribution is -0.111. The summed E-state index contributed by atoms with van der Waals surface area (Å²) in [6.45, 7) is 11.4. The van der Waals surface area contributed by atoms with Crippen molar-refractivity contribution in [2.24, 2.45) is 5.41 Å². The Kier molecular flexibility index (Phi) is 7.11. The third kappa shape index (κ3) is 4.83. The van der Waals surface area contributed by atoms with Gasteiger partial charge in [-0.1, -0.05) is 27.4 Å². The number of amides is 1. The van der Waals surface area contributed by atoms with Crippen molar-refractivity contribution in [3.05, 3.63) is 59.6 Å². The fourth-order valence-corrected chi connectivity index (χ4v) is 4.81. The maximum absolute atomic E-state index is 12.6. The van der Waals surface area contributed by atoms with Crippen LogP contribution in [0.5, 0.6) is 5.88 Å². The summed E-state index contributed by atoms with van der Waals surface area (Å²) < 4.78 is 5.28. The van der Waals surface area contributed by atoms with Crippen molar-refractivity contribution in [3.8, 4) is 28.4 Å². The van der Waals surface area contributed by atoms with Gasteiger partial charge in [-0.05, 0) is 73.8 Å². The van der Waals surface area contributed by atoms with E-state index in [1.54, 1.807) is 19.2 Å². The Labute approximate surface area is 212 Å². The molecule has 0 saturated heterocycles. The van der Waals surface area contributed by atoms with Crippen molar-refractivity contribution in [2.45, 2.75) is 59.8 Å². The van der Waals surface area contributed by atoms with E-state index >= 15 is 0 Å². The quantitative estimate of drug-likeness (QED) is 0.318. The summed E-state index contributed by atoms with van der Waals surface area (Å²) in [5.74, 6) is 0.0876. The predicted octanol–water partition coefficient (Wildman–Crippen LogP) is 5.94. The normalized spacial score (nSPS) is 14.5. The first kappa shape index (κ1) is 25.4. The molecule has 3 heterocycles. The number of aromatic nitrogens is 3. The molecular weight excluding hydrogens is 452 g/mol. The Morgan fingerprint density at radius 1 is 1.19 bits per heavy atom. The number of nitrogens with one attached hydrogen (secondary N) is 2. The van der Waals surface area contributed by atoms with Crippen LogP contribution in [0.15, 0.2) is 37.2 Å². The molecule has 1 fully saturated rings. The predicted molar refractivity (Wildman–Crippen MR) is 142 cm³/mol. The molecule has 2 N–H and O–H groups in total. The highest BCUT2D eigenvalue weighted by Gasteiger charge is 2.39. The van der Waals surface area contributed by atoms with E-state index in [1.807, 2.05) is 26.1 Å². The van der Waals surface area contributed by atoms with Gasteiger partial charge >= 0.3 is 0 Å². The van der Waals surface area contributed by atoms with Gasteiger partial charge in [0, 0.05) is 40.5 Å². The number of ether oxygens (including phenoxy) is 1. The Hall–Kier alpha value is -3.74. The first-order valence-electron chi connectivity index (χ1n) is 12.5. The molecule has 0 radical (unpaired) electrons. The molecule has 0 atom stereocenters. The number of aryl methyl sites for hydroxylation is 1. The van der Waals surface area contributed by atoms with Crippen LogP contribution in [0.4, 0.5) is 5.69 Å². The summed E-state index contributed by atoms with van der Waals surface area (Å²) in [6.07, 6.45) is 9.74. The van der Waals surface area contributed by atoms with Crippen molar-refractivity contribution in [2.75, 3.05) is 12.4 Å². The molecule has 7 heteroatoms. The van der Waals surface area contributed by atoms with E-state index in [0.717, 1.165) is 64.2 Å². The topological polar surface area (TPSA) is 97.0 Å². The van der Waals surface area contributed by atoms with Crippen molar-refractivity contribution >= 4 is 17.4 Å². The van der Waals surface area contributed by atoms with Gasteiger partial charge in [0.25, 0.3) is 0 Å². The number of methoxy groups -OCH3 is 1. The molecule has 2 aliphatic carbocycles. The van der Waals surface area contributed by atoms with Crippen LogP contribution < -0.4 is 10.1 Å². The molecule has 0 spiro atoms. The number of carbonyl (C=O) groups excluding carboxylic acids is 2. The monoisotopic (exact) mass is 486 g/mol. The van der Waals surface area contributed by atoms with Crippen LogP contribution in [0.3, 0.4) is 0 Å². The number of H-pyrrole nitrogens is 1. The number of Topliss-reactive ketones (excluding diaryl/α,β-unsaturated/α-hetero) is 1. The molecule has 5 rings (SSSR count). The van der Waals surface area contributed by atoms with Gasteiger partial charge in [-0.15, -0.1) is 0 Å². The summed E-state index contributed by atoms with van der Waals surface area (Å²) >= 11 is 0. The average Bonchev–Trinajstić information content (AvgIpc) is 3.49. The number of anilines is 1. The largest absolute Gasteiger partial charge is 0.480 e. The first-order chi connectivity index (χ1) is 17.3. The van der Waals surface area contributed by atoms with Crippen LogP contribution in [-0.4, -0.2) is 33.8 Å². The second-order valence-corrected chi connectivity index (χ2v) is 9.58. The third-order valence-electron chi connectivity index (χ3n) is 6.92. The van der Waals surface area contributed by atoms with Crippen LogP contribution in [0, 0.1) is 5.41 Å². The van der Waals surface area contributed by atoms with E-state index in [-0.39, 0.29) is 11.7 Å². The number of fused-ring (bicyclic) bond motifs is 3. The highest BCUT2D eigenvalue weighted by molar-refractivity contribution is 6.00. The molecule has 3 aromatic rings. The standard InChI is InChI=1S/C27H28N4O3.C2H6/c1-5-23(33)30-21-10-17(14-29-26(21)34-4)20-11-19-16(13-28-20)6-7-18-24(15(2)32)22(31-25(18)19)12-27(3)8-9-27;1-2/h5,10-11,13-14,31H,1,6-9,12H2,2-4H3,(H,30,33);1-2H3. The Morgan fingerprint density at radius 2 is 1.94 bits per heavy atom. The van der Waals surface area contributed by atoms with Crippen LogP contribution in [0.2, 0.25) is 0 Å². The number of hydrogen-bond acceptors (Lipinski definition) is 5. The third-order valence-corrected chi connectivity index (χ3v) is 6.92. The molecular formula is C29H34N4O3. The number of pyridine rings is 2. The van der Waals surface area contributed by atoms with Gasteiger partial charge in [-0.2, -0.15) is 0 Å². The SMILES string of the molecule is C=CC(=O)Nc1cc(-c2cc3c(cn2)CCc2c-3[nH]c(CC3(C)CC3)c2C(C)=O)cnc1OC.CC. The lowest BCUT2D eigenvalue weighted by Gasteiger charge is -2.18. The molecule has 0 aliphatic heterocycles. The number of ketones is 1. The van der Waals surface area contributed by atoms with Crippen molar-refractivity contribution in [3.63, 3.8) is 0 Å². The number of nitrogens with zero attached hydrogens (tertiary/aromatic N) is 2. The molecule has 7 nitrogen and oxygen atoms in total. The second-order valence-electron chi connectivity index (χ2n) is 9.58. The van der Waals surface area contributed by atoms with Gasteiger partial charge in [0.15, 0.2) is 5.78 Å². The van der Waals surface area contributed by atoms with E-state index in [4.69, 9.17) is 4.74 Å². The van der Waals surface area contributed by atoms with Crippen LogP contribution >= 0.6 is 0 Å². The summed E-state index contributed by atoms with van der Waals surface area (Å²) in [5, 5.41) is 2.73.